The van der Waals surface area contributed by atoms with Crippen molar-refractivity contribution in [2.45, 2.75) is 59.1 Å². The number of nitrogens with one attached hydrogen (secondary N) is 2. The molecule has 1 fully saturated rings. The van der Waals surface area contributed by atoms with Crippen molar-refractivity contribution in [3.63, 3.8) is 0 Å². The third-order valence-electron chi connectivity index (χ3n) is 4.37. The van der Waals surface area contributed by atoms with Gasteiger partial charge in [0, 0.05) is 26.2 Å². The second-order valence-electron chi connectivity index (χ2n) is 7.09. The standard InChI is InChI=1S/C17H36N4O/c1-7-18-16(20-13-17(4,5)22-6)19-12-15(14(2)3)21-10-8-9-11-21/h14-15H,7-13H2,1-6H3,(H2,18,19,20). The summed E-state index contributed by atoms with van der Waals surface area (Å²) in [6.07, 6.45) is 2.67. The molecule has 1 atom stereocenters. The molecule has 2 N–H and O–H groups in total. The summed E-state index contributed by atoms with van der Waals surface area (Å²) in [5.41, 5.74) is -0.227. The maximum absolute atomic E-state index is 5.44. The van der Waals surface area contributed by atoms with Crippen LogP contribution in [-0.4, -0.2) is 62.3 Å². The molecule has 1 unspecified atom stereocenters. The smallest absolute Gasteiger partial charge is 0.191 e. The van der Waals surface area contributed by atoms with Crippen molar-refractivity contribution in [3.05, 3.63) is 0 Å². The lowest BCUT2D eigenvalue weighted by Crippen LogP contribution is -2.49. The minimum absolute atomic E-state index is 0.227. The number of hydrogen-bond donors (Lipinski definition) is 2. The zero-order valence-corrected chi connectivity index (χ0v) is 15.4. The Hall–Kier alpha value is -0.810. The number of likely N-dealkylation sites (tertiary alicyclic amines) is 1. The highest BCUT2D eigenvalue weighted by Gasteiger charge is 2.24. The molecule has 1 saturated heterocycles. The summed E-state index contributed by atoms with van der Waals surface area (Å²) in [6, 6.07) is 0.571. The summed E-state index contributed by atoms with van der Waals surface area (Å²) < 4.78 is 5.44. The fraction of sp³-hybridized carbons (Fsp3) is 0.941. The van der Waals surface area contributed by atoms with Crippen LogP contribution in [0.4, 0.5) is 0 Å². The number of rotatable bonds is 8. The molecule has 0 saturated carbocycles. The van der Waals surface area contributed by atoms with E-state index in [2.05, 4.69) is 55.1 Å². The first-order valence-electron chi connectivity index (χ1n) is 8.71. The van der Waals surface area contributed by atoms with Crippen molar-refractivity contribution in [1.82, 2.24) is 15.5 Å². The molecular formula is C17H36N4O. The highest BCUT2D eigenvalue weighted by Crippen LogP contribution is 2.17. The summed E-state index contributed by atoms with van der Waals surface area (Å²) in [5, 5.41) is 6.85. The zero-order valence-electron chi connectivity index (χ0n) is 15.4. The van der Waals surface area contributed by atoms with E-state index in [1.54, 1.807) is 7.11 Å². The van der Waals surface area contributed by atoms with Crippen LogP contribution < -0.4 is 10.6 Å². The Labute approximate surface area is 136 Å². The molecule has 1 aliphatic rings. The second-order valence-corrected chi connectivity index (χ2v) is 7.09. The number of aliphatic imine (C=N–C) groups is 1. The van der Waals surface area contributed by atoms with Crippen molar-refractivity contribution in [2.24, 2.45) is 10.9 Å². The van der Waals surface area contributed by atoms with E-state index in [1.807, 2.05) is 0 Å². The molecular weight excluding hydrogens is 276 g/mol. The molecule has 0 aromatic carbocycles. The summed E-state index contributed by atoms with van der Waals surface area (Å²) in [4.78, 5) is 7.28. The first-order valence-corrected chi connectivity index (χ1v) is 8.71. The fourth-order valence-electron chi connectivity index (χ4n) is 2.74. The average Bonchev–Trinajstić information content (AvgIpc) is 2.98. The van der Waals surface area contributed by atoms with Gasteiger partial charge in [-0.25, -0.2) is 0 Å². The van der Waals surface area contributed by atoms with Gasteiger partial charge < -0.3 is 15.4 Å². The average molecular weight is 313 g/mol. The lowest BCUT2D eigenvalue weighted by Gasteiger charge is -2.31. The van der Waals surface area contributed by atoms with Crippen molar-refractivity contribution < 1.29 is 4.74 Å². The molecule has 0 aromatic heterocycles. The summed E-state index contributed by atoms with van der Waals surface area (Å²) in [5.74, 6) is 1.53. The number of nitrogens with zero attached hydrogens (tertiary/aromatic N) is 2. The van der Waals surface area contributed by atoms with Gasteiger partial charge in [0.1, 0.15) is 0 Å². The van der Waals surface area contributed by atoms with Crippen LogP contribution in [0.5, 0.6) is 0 Å². The van der Waals surface area contributed by atoms with E-state index in [1.165, 1.54) is 25.9 Å². The highest BCUT2D eigenvalue weighted by molar-refractivity contribution is 5.79. The molecule has 22 heavy (non-hydrogen) atoms. The van der Waals surface area contributed by atoms with Crippen molar-refractivity contribution in [2.75, 3.05) is 39.8 Å². The molecule has 0 aromatic rings. The van der Waals surface area contributed by atoms with Crippen LogP contribution in [0.25, 0.3) is 0 Å². The molecule has 130 valence electrons. The molecule has 0 aliphatic carbocycles. The largest absolute Gasteiger partial charge is 0.377 e. The van der Waals surface area contributed by atoms with E-state index in [0.717, 1.165) is 19.0 Å². The van der Waals surface area contributed by atoms with Crippen molar-refractivity contribution >= 4 is 5.96 Å². The van der Waals surface area contributed by atoms with E-state index in [9.17, 15) is 0 Å². The van der Waals surface area contributed by atoms with Gasteiger partial charge in [-0.3, -0.25) is 9.89 Å². The molecule has 5 heteroatoms. The van der Waals surface area contributed by atoms with Gasteiger partial charge in [-0.1, -0.05) is 13.8 Å². The number of methoxy groups -OCH3 is 1. The zero-order chi connectivity index (χ0) is 16.6. The maximum atomic E-state index is 5.44. The minimum atomic E-state index is -0.227. The van der Waals surface area contributed by atoms with Crippen molar-refractivity contribution in [1.29, 1.82) is 0 Å². The minimum Gasteiger partial charge on any atom is -0.377 e. The van der Waals surface area contributed by atoms with Crippen LogP contribution in [-0.2, 0) is 4.74 Å². The monoisotopic (exact) mass is 312 g/mol. The molecule has 0 spiro atoms. The van der Waals surface area contributed by atoms with Crippen LogP contribution >= 0.6 is 0 Å². The molecule has 1 aliphatic heterocycles. The quantitative estimate of drug-likeness (QED) is 0.532. The van der Waals surface area contributed by atoms with Gasteiger partial charge in [0.05, 0.1) is 12.1 Å². The third-order valence-corrected chi connectivity index (χ3v) is 4.37. The predicted octanol–water partition coefficient (Wildman–Crippen LogP) is 2.09. The summed E-state index contributed by atoms with van der Waals surface area (Å²) in [6.45, 7) is 15.7. The van der Waals surface area contributed by atoms with Crippen molar-refractivity contribution in [3.8, 4) is 0 Å². The van der Waals surface area contributed by atoms with Crippen LogP contribution in [0.3, 0.4) is 0 Å². The fourth-order valence-corrected chi connectivity index (χ4v) is 2.74. The van der Waals surface area contributed by atoms with Crippen LogP contribution in [0.2, 0.25) is 0 Å². The van der Waals surface area contributed by atoms with Crippen LogP contribution in [0.1, 0.15) is 47.5 Å². The molecule has 0 radical (unpaired) electrons. The summed E-state index contributed by atoms with van der Waals surface area (Å²) in [7, 11) is 1.73. The number of hydrogen-bond acceptors (Lipinski definition) is 3. The Balaban J connectivity index is 2.59. The van der Waals surface area contributed by atoms with Gasteiger partial charge in [-0.2, -0.15) is 0 Å². The summed E-state index contributed by atoms with van der Waals surface area (Å²) >= 11 is 0. The van der Waals surface area contributed by atoms with E-state index < -0.39 is 0 Å². The molecule has 1 heterocycles. The van der Waals surface area contributed by atoms with E-state index in [-0.39, 0.29) is 5.60 Å². The Morgan fingerprint density at radius 3 is 2.36 bits per heavy atom. The Bertz CT molecular complexity index is 336. The van der Waals surface area contributed by atoms with Gasteiger partial charge in [-0.05, 0) is 52.6 Å². The lowest BCUT2D eigenvalue weighted by atomic mass is 10.0. The van der Waals surface area contributed by atoms with Gasteiger partial charge in [0.2, 0.25) is 0 Å². The second kappa shape index (κ2) is 9.36. The van der Waals surface area contributed by atoms with Crippen LogP contribution in [0.15, 0.2) is 4.99 Å². The maximum Gasteiger partial charge on any atom is 0.191 e. The topological polar surface area (TPSA) is 48.9 Å². The van der Waals surface area contributed by atoms with Crippen LogP contribution in [0, 0.1) is 5.92 Å². The Morgan fingerprint density at radius 2 is 1.86 bits per heavy atom. The van der Waals surface area contributed by atoms with Gasteiger partial charge in [-0.15, -0.1) is 0 Å². The lowest BCUT2D eigenvalue weighted by molar-refractivity contribution is 0.0310. The van der Waals surface area contributed by atoms with Gasteiger partial charge in [0.15, 0.2) is 5.96 Å². The third kappa shape index (κ3) is 6.53. The normalized spacial score (nSPS) is 18.8. The number of guanidine groups is 1. The predicted molar refractivity (Wildman–Crippen MR) is 94.5 cm³/mol. The Morgan fingerprint density at radius 1 is 1.23 bits per heavy atom. The van der Waals surface area contributed by atoms with Gasteiger partial charge in [0.25, 0.3) is 0 Å². The molecule has 0 bridgehead atoms. The molecule has 1 rings (SSSR count). The SMILES string of the molecule is CCNC(=NCC(C)(C)OC)NCC(C(C)C)N1CCCC1. The first-order chi connectivity index (χ1) is 10.4. The van der Waals surface area contributed by atoms with E-state index in [0.29, 0.717) is 18.5 Å². The van der Waals surface area contributed by atoms with E-state index >= 15 is 0 Å². The first kappa shape index (κ1) is 19.2. The van der Waals surface area contributed by atoms with Gasteiger partial charge >= 0.3 is 0 Å². The highest BCUT2D eigenvalue weighted by atomic mass is 16.5. The number of ether oxygens (including phenoxy) is 1. The molecule has 0 amide bonds. The molecule has 5 nitrogen and oxygen atoms in total. The van der Waals surface area contributed by atoms with E-state index in [4.69, 9.17) is 4.74 Å². The Kier molecular flexibility index (Phi) is 8.18.